The van der Waals surface area contributed by atoms with Gasteiger partial charge in [-0.25, -0.2) is 4.39 Å². The quantitative estimate of drug-likeness (QED) is 0.275. The fraction of sp³-hybridized carbons (Fsp3) is 0.200. The Balaban J connectivity index is 1.68. The monoisotopic (exact) mass is 469 g/mol. The van der Waals surface area contributed by atoms with Crippen molar-refractivity contribution in [3.8, 4) is 5.75 Å². The number of fused-ring (bicyclic) bond motifs is 1. The van der Waals surface area contributed by atoms with Crippen molar-refractivity contribution in [3.05, 3.63) is 81.5 Å². The number of halogens is 2. The molecule has 0 N–H and O–H groups in total. The molecule has 1 saturated heterocycles. The van der Waals surface area contributed by atoms with E-state index >= 15 is 0 Å². The van der Waals surface area contributed by atoms with Crippen LogP contribution in [0.1, 0.15) is 30.9 Å². The number of rotatable bonds is 7. The first-order valence-electron chi connectivity index (χ1n) is 10.3. The van der Waals surface area contributed by atoms with Gasteiger partial charge in [-0.2, -0.15) is 0 Å². The molecule has 4 nitrogen and oxygen atoms in total. The zero-order chi connectivity index (χ0) is 22.7. The van der Waals surface area contributed by atoms with E-state index in [1.807, 2.05) is 36.4 Å². The minimum absolute atomic E-state index is 0.152. The third-order valence-corrected chi connectivity index (χ3v) is 6.32. The van der Waals surface area contributed by atoms with Gasteiger partial charge < -0.3 is 4.74 Å². The standard InChI is InChI=1S/C25H21ClFNO3S/c1-2-3-12-31-22-11-9-16-6-4-5-7-19(16)20(22)14-23-24(29)28(25(30)32-23)15-17-8-10-18(26)13-21(17)27/h4-11,13-14H,2-3,12,15H2,1H3/b23-14-. The molecule has 0 atom stereocenters. The second-order valence-corrected chi connectivity index (χ2v) is 8.83. The van der Waals surface area contributed by atoms with Gasteiger partial charge in [0, 0.05) is 16.1 Å². The summed E-state index contributed by atoms with van der Waals surface area (Å²) in [5.74, 6) is -0.351. The molecule has 4 rings (SSSR count). The van der Waals surface area contributed by atoms with Crippen LogP contribution in [0.25, 0.3) is 16.8 Å². The molecule has 3 aromatic carbocycles. The van der Waals surface area contributed by atoms with E-state index < -0.39 is 17.0 Å². The highest BCUT2D eigenvalue weighted by Crippen LogP contribution is 2.37. The molecule has 0 unspecified atom stereocenters. The van der Waals surface area contributed by atoms with E-state index in [0.29, 0.717) is 12.4 Å². The Morgan fingerprint density at radius 3 is 2.72 bits per heavy atom. The van der Waals surface area contributed by atoms with Crippen molar-refractivity contribution >= 4 is 51.4 Å². The fourth-order valence-electron chi connectivity index (χ4n) is 3.46. The molecule has 0 aromatic heterocycles. The van der Waals surface area contributed by atoms with Gasteiger partial charge in [0.2, 0.25) is 0 Å². The first-order valence-corrected chi connectivity index (χ1v) is 11.5. The summed E-state index contributed by atoms with van der Waals surface area (Å²) in [6, 6.07) is 15.9. The average molecular weight is 470 g/mol. The number of amides is 2. The van der Waals surface area contributed by atoms with Crippen LogP contribution >= 0.6 is 23.4 Å². The fourth-order valence-corrected chi connectivity index (χ4v) is 4.44. The maximum atomic E-state index is 14.2. The predicted molar refractivity (Wildman–Crippen MR) is 127 cm³/mol. The smallest absolute Gasteiger partial charge is 0.293 e. The molecule has 0 radical (unpaired) electrons. The van der Waals surface area contributed by atoms with Gasteiger partial charge in [-0.05, 0) is 53.2 Å². The second kappa shape index (κ2) is 9.76. The van der Waals surface area contributed by atoms with Crippen molar-refractivity contribution in [2.45, 2.75) is 26.3 Å². The van der Waals surface area contributed by atoms with Crippen LogP contribution in [0.5, 0.6) is 5.75 Å². The van der Waals surface area contributed by atoms with Crippen molar-refractivity contribution in [2.24, 2.45) is 0 Å². The summed E-state index contributed by atoms with van der Waals surface area (Å²) in [6.07, 6.45) is 3.62. The number of imide groups is 1. The zero-order valence-corrected chi connectivity index (χ0v) is 19.0. The maximum Gasteiger partial charge on any atom is 0.293 e. The highest BCUT2D eigenvalue weighted by atomic mass is 35.5. The molecule has 164 valence electrons. The highest BCUT2D eigenvalue weighted by molar-refractivity contribution is 8.18. The van der Waals surface area contributed by atoms with Gasteiger partial charge in [-0.1, -0.05) is 61.3 Å². The van der Waals surface area contributed by atoms with E-state index in [4.69, 9.17) is 16.3 Å². The number of hydrogen-bond donors (Lipinski definition) is 0. The molecule has 0 spiro atoms. The molecular weight excluding hydrogens is 449 g/mol. The second-order valence-electron chi connectivity index (χ2n) is 7.40. The van der Waals surface area contributed by atoms with Crippen LogP contribution in [0.2, 0.25) is 5.02 Å². The van der Waals surface area contributed by atoms with E-state index in [9.17, 15) is 14.0 Å². The molecule has 1 fully saturated rings. The van der Waals surface area contributed by atoms with E-state index in [0.717, 1.165) is 45.8 Å². The third kappa shape index (κ3) is 4.66. The molecule has 0 aliphatic carbocycles. The Hall–Kier alpha value is -2.83. The predicted octanol–water partition coefficient (Wildman–Crippen LogP) is 7.05. The average Bonchev–Trinajstić information content (AvgIpc) is 3.04. The zero-order valence-electron chi connectivity index (χ0n) is 17.4. The van der Waals surface area contributed by atoms with E-state index in [-0.39, 0.29) is 22.0 Å². The Bertz CT molecular complexity index is 1230. The lowest BCUT2D eigenvalue weighted by molar-refractivity contribution is -0.123. The van der Waals surface area contributed by atoms with Crippen molar-refractivity contribution in [1.29, 1.82) is 0 Å². The number of carbonyl (C=O) groups is 2. The lowest BCUT2D eigenvalue weighted by Crippen LogP contribution is -2.27. The topological polar surface area (TPSA) is 46.6 Å². The van der Waals surface area contributed by atoms with Crippen LogP contribution in [0.3, 0.4) is 0 Å². The number of hydrogen-bond acceptors (Lipinski definition) is 4. The van der Waals surface area contributed by atoms with Crippen molar-refractivity contribution in [3.63, 3.8) is 0 Å². The van der Waals surface area contributed by atoms with Crippen molar-refractivity contribution < 1.29 is 18.7 Å². The van der Waals surface area contributed by atoms with Crippen LogP contribution in [0.4, 0.5) is 9.18 Å². The Morgan fingerprint density at radius 2 is 1.94 bits per heavy atom. The van der Waals surface area contributed by atoms with Crippen LogP contribution in [0.15, 0.2) is 59.5 Å². The van der Waals surface area contributed by atoms with E-state index in [2.05, 4.69) is 6.92 Å². The van der Waals surface area contributed by atoms with Crippen LogP contribution in [-0.4, -0.2) is 22.7 Å². The molecular formula is C25H21ClFNO3S. The number of nitrogens with zero attached hydrogens (tertiary/aromatic N) is 1. The Morgan fingerprint density at radius 1 is 1.12 bits per heavy atom. The third-order valence-electron chi connectivity index (χ3n) is 5.18. The number of ether oxygens (including phenoxy) is 1. The van der Waals surface area contributed by atoms with Crippen LogP contribution < -0.4 is 4.74 Å². The SMILES string of the molecule is CCCCOc1ccc2ccccc2c1/C=C1\SC(=O)N(Cc2ccc(Cl)cc2F)C1=O. The van der Waals surface area contributed by atoms with Gasteiger partial charge in [0.05, 0.1) is 18.1 Å². The summed E-state index contributed by atoms with van der Waals surface area (Å²) in [5.41, 5.74) is 0.981. The van der Waals surface area contributed by atoms with Crippen LogP contribution in [0, 0.1) is 5.82 Å². The van der Waals surface area contributed by atoms with Gasteiger partial charge in [0.15, 0.2) is 0 Å². The molecule has 1 heterocycles. The minimum Gasteiger partial charge on any atom is -0.493 e. The lowest BCUT2D eigenvalue weighted by Gasteiger charge is -2.14. The van der Waals surface area contributed by atoms with Gasteiger partial charge in [-0.3, -0.25) is 14.5 Å². The molecule has 0 saturated carbocycles. The first-order chi connectivity index (χ1) is 15.5. The van der Waals surface area contributed by atoms with Crippen molar-refractivity contribution in [1.82, 2.24) is 4.90 Å². The molecule has 3 aromatic rings. The molecule has 1 aliphatic rings. The Kier molecular flexibility index (Phi) is 6.82. The van der Waals surface area contributed by atoms with Gasteiger partial charge in [0.25, 0.3) is 11.1 Å². The molecule has 32 heavy (non-hydrogen) atoms. The number of carbonyl (C=O) groups excluding carboxylic acids is 2. The number of unbranched alkanes of at least 4 members (excludes halogenated alkanes) is 1. The van der Waals surface area contributed by atoms with E-state index in [1.54, 1.807) is 6.08 Å². The summed E-state index contributed by atoms with van der Waals surface area (Å²) >= 11 is 6.64. The minimum atomic E-state index is -0.554. The molecule has 0 bridgehead atoms. The summed E-state index contributed by atoms with van der Waals surface area (Å²) in [6.45, 7) is 2.50. The largest absolute Gasteiger partial charge is 0.493 e. The van der Waals surface area contributed by atoms with E-state index in [1.165, 1.54) is 18.2 Å². The summed E-state index contributed by atoms with van der Waals surface area (Å²) in [7, 11) is 0. The van der Waals surface area contributed by atoms with Gasteiger partial charge in [-0.15, -0.1) is 0 Å². The summed E-state index contributed by atoms with van der Waals surface area (Å²) < 4.78 is 20.2. The first kappa shape index (κ1) is 22.4. The Labute approximate surface area is 195 Å². The highest BCUT2D eigenvalue weighted by Gasteiger charge is 2.35. The van der Waals surface area contributed by atoms with Crippen LogP contribution in [-0.2, 0) is 11.3 Å². The maximum absolute atomic E-state index is 14.2. The normalized spacial score (nSPS) is 15.2. The summed E-state index contributed by atoms with van der Waals surface area (Å²) in [5, 5.41) is 1.75. The van der Waals surface area contributed by atoms with Crippen molar-refractivity contribution in [2.75, 3.05) is 6.61 Å². The lowest BCUT2D eigenvalue weighted by atomic mass is 10.0. The number of thioether (sulfide) groups is 1. The molecule has 1 aliphatic heterocycles. The molecule has 7 heteroatoms. The summed E-state index contributed by atoms with van der Waals surface area (Å²) in [4.78, 5) is 26.9. The van der Waals surface area contributed by atoms with Gasteiger partial charge >= 0.3 is 0 Å². The number of benzene rings is 3. The molecule has 2 amide bonds. The van der Waals surface area contributed by atoms with Gasteiger partial charge in [0.1, 0.15) is 11.6 Å².